The lowest BCUT2D eigenvalue weighted by Crippen LogP contribution is -2.52. The normalized spacial score (nSPS) is 11.7. The third-order valence-electron chi connectivity index (χ3n) is 3.82. The first kappa shape index (κ1) is 22.5. The molecule has 134 valence electrons. The van der Waals surface area contributed by atoms with E-state index >= 15 is 0 Å². The zero-order chi connectivity index (χ0) is 17.0. The van der Waals surface area contributed by atoms with E-state index in [4.69, 9.17) is 15.2 Å². The van der Waals surface area contributed by atoms with E-state index in [1.54, 1.807) is 0 Å². The number of halogens is 2. The van der Waals surface area contributed by atoms with Gasteiger partial charge in [0.15, 0.2) is 0 Å². The van der Waals surface area contributed by atoms with Gasteiger partial charge >= 0.3 is 0 Å². The molecule has 0 aliphatic carbocycles. The van der Waals surface area contributed by atoms with Crippen molar-refractivity contribution in [2.24, 2.45) is 5.73 Å². The molecule has 0 radical (unpaired) electrons. The fraction of sp³-hybridized carbons (Fsp3) is 0.571. The summed E-state index contributed by atoms with van der Waals surface area (Å²) in [7, 11) is -0.871. The van der Waals surface area contributed by atoms with Crippen molar-refractivity contribution in [1.29, 1.82) is 0 Å². The molecule has 0 atom stereocenters. The predicted octanol–water partition coefficient (Wildman–Crippen LogP) is 2.68. The minimum absolute atomic E-state index is 0. The molecule has 3 N–H and O–H groups in total. The third kappa shape index (κ3) is 4.96. The summed E-state index contributed by atoms with van der Waals surface area (Å²) in [6.07, 6.45) is 1.19. The second-order valence-electron chi connectivity index (χ2n) is 4.93. The molecule has 0 fully saturated rings. The Balaban J connectivity index is 0.00000484. The fourth-order valence-corrected chi connectivity index (χ4v) is 4.50. The molecule has 0 heterocycles. The number of ether oxygens (including phenoxy) is 2. The van der Waals surface area contributed by atoms with Crippen LogP contribution in [0.3, 0.4) is 0 Å². The Morgan fingerprint density at radius 3 is 2.09 bits per heavy atom. The lowest BCUT2D eigenvalue weighted by Gasteiger charge is -2.31. The van der Waals surface area contributed by atoms with Crippen LogP contribution >= 0.6 is 28.3 Å². The van der Waals surface area contributed by atoms with Gasteiger partial charge in [-0.3, -0.25) is 0 Å². The van der Waals surface area contributed by atoms with Crippen molar-refractivity contribution in [1.82, 2.24) is 4.72 Å². The summed E-state index contributed by atoms with van der Waals surface area (Å²) in [6, 6.07) is 2.99. The maximum atomic E-state index is 12.7. The van der Waals surface area contributed by atoms with Crippen LogP contribution in [0.4, 0.5) is 0 Å². The third-order valence-corrected chi connectivity index (χ3v) is 6.04. The Kier molecular flexibility index (Phi) is 8.86. The van der Waals surface area contributed by atoms with Gasteiger partial charge in [-0.05, 0) is 34.8 Å². The van der Waals surface area contributed by atoms with Crippen molar-refractivity contribution in [3.8, 4) is 11.5 Å². The minimum atomic E-state index is -3.79. The van der Waals surface area contributed by atoms with Crippen LogP contribution in [0, 0.1) is 0 Å². The lowest BCUT2D eigenvalue weighted by atomic mass is 9.95. The molecule has 0 spiro atoms. The second kappa shape index (κ2) is 9.08. The van der Waals surface area contributed by atoms with Gasteiger partial charge in [0.2, 0.25) is 10.0 Å². The van der Waals surface area contributed by atoms with E-state index in [1.165, 1.54) is 26.4 Å². The van der Waals surface area contributed by atoms with E-state index in [0.717, 1.165) is 0 Å². The molecule has 1 aromatic carbocycles. The largest absolute Gasteiger partial charge is 0.495 e. The average Bonchev–Trinajstić information content (AvgIpc) is 2.52. The Morgan fingerprint density at radius 2 is 1.70 bits per heavy atom. The highest BCUT2D eigenvalue weighted by Crippen LogP contribution is 2.35. The second-order valence-corrected chi connectivity index (χ2v) is 7.44. The summed E-state index contributed by atoms with van der Waals surface area (Å²) < 4.78 is 39.1. The smallest absolute Gasteiger partial charge is 0.244 e. The number of methoxy groups -OCH3 is 2. The molecule has 0 amide bonds. The topological polar surface area (TPSA) is 90.7 Å². The first-order valence-electron chi connectivity index (χ1n) is 6.94. The maximum absolute atomic E-state index is 12.7. The quantitative estimate of drug-likeness (QED) is 0.660. The summed E-state index contributed by atoms with van der Waals surface area (Å²) in [5.74, 6) is 0.706. The van der Waals surface area contributed by atoms with Crippen LogP contribution in [-0.2, 0) is 10.0 Å². The molecule has 9 heteroatoms. The van der Waals surface area contributed by atoms with Crippen molar-refractivity contribution < 1.29 is 17.9 Å². The molecule has 1 aromatic rings. The monoisotopic (exact) mass is 430 g/mol. The number of rotatable bonds is 8. The van der Waals surface area contributed by atoms with Crippen LogP contribution in [0.1, 0.15) is 26.7 Å². The van der Waals surface area contributed by atoms with Gasteiger partial charge < -0.3 is 15.2 Å². The summed E-state index contributed by atoms with van der Waals surface area (Å²) >= 11 is 3.30. The molecule has 0 saturated heterocycles. The van der Waals surface area contributed by atoms with E-state index in [0.29, 0.717) is 23.1 Å². The van der Waals surface area contributed by atoms with Crippen molar-refractivity contribution in [3.05, 3.63) is 16.6 Å². The van der Waals surface area contributed by atoms with Crippen LogP contribution in [0.2, 0.25) is 0 Å². The average molecular weight is 432 g/mol. The summed E-state index contributed by atoms with van der Waals surface area (Å²) in [5.41, 5.74) is 5.10. The van der Waals surface area contributed by atoms with E-state index in [9.17, 15) is 8.42 Å². The number of sulfonamides is 1. The van der Waals surface area contributed by atoms with Gasteiger partial charge in [0, 0.05) is 18.2 Å². The Morgan fingerprint density at radius 1 is 1.17 bits per heavy atom. The highest BCUT2D eigenvalue weighted by Gasteiger charge is 2.32. The van der Waals surface area contributed by atoms with Crippen molar-refractivity contribution in [2.75, 3.05) is 20.8 Å². The molecule has 0 aliphatic rings. The van der Waals surface area contributed by atoms with Gasteiger partial charge in [-0.2, -0.15) is 0 Å². The molecule has 0 aliphatic heterocycles. The summed E-state index contributed by atoms with van der Waals surface area (Å²) in [6.45, 7) is 4.03. The summed E-state index contributed by atoms with van der Waals surface area (Å²) in [5, 5.41) is 0. The zero-order valence-corrected chi connectivity index (χ0v) is 16.9. The van der Waals surface area contributed by atoms with E-state index < -0.39 is 15.6 Å². The van der Waals surface area contributed by atoms with Gasteiger partial charge in [0.1, 0.15) is 16.4 Å². The van der Waals surface area contributed by atoms with Crippen molar-refractivity contribution in [3.63, 3.8) is 0 Å². The number of hydrogen-bond acceptors (Lipinski definition) is 5. The molecule has 1 rings (SSSR count). The van der Waals surface area contributed by atoms with Crippen molar-refractivity contribution in [2.45, 2.75) is 37.1 Å². The SMILES string of the molecule is CCC(CC)(CN)NS(=O)(=O)c1cc(Br)c(OC)cc1OC.Cl. The van der Waals surface area contributed by atoms with Gasteiger partial charge in [0.25, 0.3) is 0 Å². The Hall–Kier alpha value is -0.540. The zero-order valence-electron chi connectivity index (χ0n) is 13.7. The van der Waals surface area contributed by atoms with Gasteiger partial charge in [-0.1, -0.05) is 13.8 Å². The highest BCUT2D eigenvalue weighted by atomic mass is 79.9. The number of nitrogens with two attached hydrogens (primary N) is 1. The fourth-order valence-electron chi connectivity index (χ4n) is 2.11. The predicted molar refractivity (Wildman–Crippen MR) is 97.2 cm³/mol. The van der Waals surface area contributed by atoms with Crippen LogP contribution in [0.25, 0.3) is 0 Å². The van der Waals surface area contributed by atoms with E-state index in [1.807, 2.05) is 13.8 Å². The molecule has 0 saturated carbocycles. The molecular formula is C14H24BrClN2O4S. The number of nitrogens with one attached hydrogen (secondary N) is 1. The molecule has 0 aromatic heterocycles. The molecule has 0 unspecified atom stereocenters. The number of benzene rings is 1. The maximum Gasteiger partial charge on any atom is 0.244 e. The molecule has 6 nitrogen and oxygen atoms in total. The van der Waals surface area contributed by atoms with E-state index in [-0.39, 0.29) is 29.6 Å². The molecular weight excluding hydrogens is 408 g/mol. The van der Waals surface area contributed by atoms with Gasteiger partial charge in [-0.15, -0.1) is 12.4 Å². The first-order chi connectivity index (χ1) is 10.3. The minimum Gasteiger partial charge on any atom is -0.495 e. The molecule has 23 heavy (non-hydrogen) atoms. The standard InChI is InChI=1S/C14H23BrN2O4S.ClH/c1-5-14(6-2,9-16)17-22(18,19)13-7-10(15)11(20-3)8-12(13)21-4;/h7-8,17H,5-6,9,16H2,1-4H3;1H. The Labute approximate surface area is 152 Å². The summed E-state index contributed by atoms with van der Waals surface area (Å²) in [4.78, 5) is 0.0439. The van der Waals surface area contributed by atoms with Gasteiger partial charge in [-0.25, -0.2) is 13.1 Å². The first-order valence-corrected chi connectivity index (χ1v) is 9.22. The Bertz CT molecular complexity index is 613. The van der Waals surface area contributed by atoms with Gasteiger partial charge in [0.05, 0.1) is 18.7 Å². The van der Waals surface area contributed by atoms with Crippen LogP contribution in [0.15, 0.2) is 21.5 Å². The lowest BCUT2D eigenvalue weighted by molar-refractivity contribution is 0.359. The van der Waals surface area contributed by atoms with Crippen LogP contribution in [-0.4, -0.2) is 34.7 Å². The van der Waals surface area contributed by atoms with E-state index in [2.05, 4.69) is 20.7 Å². The highest BCUT2D eigenvalue weighted by molar-refractivity contribution is 9.10. The molecule has 0 bridgehead atoms. The van der Waals surface area contributed by atoms with Crippen molar-refractivity contribution >= 4 is 38.4 Å². The number of hydrogen-bond donors (Lipinski definition) is 2. The van der Waals surface area contributed by atoms with Crippen LogP contribution in [0.5, 0.6) is 11.5 Å². The van der Waals surface area contributed by atoms with Crippen LogP contribution < -0.4 is 19.9 Å².